The molecule has 0 aliphatic carbocycles. The van der Waals surface area contributed by atoms with Crippen molar-refractivity contribution in [2.24, 2.45) is 0 Å². The first-order chi connectivity index (χ1) is 12.1. The molecule has 3 aromatic rings. The van der Waals surface area contributed by atoms with Crippen LogP contribution in [0.5, 0.6) is 0 Å². The number of hydrogen-bond acceptors (Lipinski definition) is 3. The number of nitrogens with one attached hydrogen (secondary N) is 2. The van der Waals surface area contributed by atoms with E-state index in [1.54, 1.807) is 11.3 Å². The summed E-state index contributed by atoms with van der Waals surface area (Å²) in [5, 5.41) is 8.84. The minimum Gasteiger partial charge on any atom is -0.375 e. The predicted molar refractivity (Wildman–Crippen MR) is 105 cm³/mol. The van der Waals surface area contributed by atoms with Crippen molar-refractivity contribution in [3.8, 4) is 0 Å². The third-order valence-electron chi connectivity index (χ3n) is 3.83. The number of hydrogen-bond donors (Lipinski definition) is 2. The van der Waals surface area contributed by atoms with Crippen LogP contribution < -0.4 is 10.6 Å². The van der Waals surface area contributed by atoms with Crippen LogP contribution in [0.1, 0.15) is 22.0 Å². The van der Waals surface area contributed by atoms with Crippen LogP contribution in [0.25, 0.3) is 0 Å². The average molecular weight is 371 g/mol. The summed E-state index contributed by atoms with van der Waals surface area (Å²) >= 11 is 7.83. The summed E-state index contributed by atoms with van der Waals surface area (Å²) in [5.74, 6) is -0.0844. The highest BCUT2D eigenvalue weighted by atomic mass is 35.5. The van der Waals surface area contributed by atoms with Gasteiger partial charge in [-0.05, 0) is 41.6 Å². The zero-order chi connectivity index (χ0) is 17.6. The number of carbonyl (C=O) groups is 1. The van der Waals surface area contributed by atoms with E-state index in [1.165, 1.54) is 0 Å². The van der Waals surface area contributed by atoms with E-state index >= 15 is 0 Å². The summed E-state index contributed by atoms with van der Waals surface area (Å²) in [6, 6.07) is 19.6. The lowest BCUT2D eigenvalue weighted by atomic mass is 10.1. The normalized spacial score (nSPS) is 11.8. The van der Waals surface area contributed by atoms with E-state index < -0.39 is 0 Å². The van der Waals surface area contributed by atoms with Crippen LogP contribution in [0, 0.1) is 6.92 Å². The molecule has 1 aromatic heterocycles. The van der Waals surface area contributed by atoms with Gasteiger partial charge in [-0.3, -0.25) is 4.79 Å². The van der Waals surface area contributed by atoms with E-state index in [1.807, 2.05) is 73.0 Å². The predicted octanol–water partition coefficient (Wildman–Crippen LogP) is 5.03. The van der Waals surface area contributed by atoms with E-state index in [2.05, 4.69) is 10.6 Å². The molecule has 0 bridgehead atoms. The van der Waals surface area contributed by atoms with Gasteiger partial charge in [-0.1, -0.05) is 54.1 Å². The first-order valence-electron chi connectivity index (χ1n) is 8.01. The van der Waals surface area contributed by atoms with E-state index in [0.29, 0.717) is 5.02 Å². The summed E-state index contributed by atoms with van der Waals surface area (Å²) in [6.45, 7) is 2.14. The maximum absolute atomic E-state index is 12.5. The lowest BCUT2D eigenvalue weighted by Crippen LogP contribution is -2.33. The third-order valence-corrected chi connectivity index (χ3v) is 5.08. The first-order valence-corrected chi connectivity index (χ1v) is 9.27. The van der Waals surface area contributed by atoms with Gasteiger partial charge in [0, 0.05) is 4.88 Å². The standard InChI is InChI=1S/C20H19ClN2OS/c1-14-9-10-17(16(21)12-14)22-13-19(24)23-20(18-8-5-11-25-18)15-6-3-2-4-7-15/h2-12,20,22H,13H2,1H3,(H,23,24)/t20-/m0/s1. The highest BCUT2D eigenvalue weighted by Gasteiger charge is 2.17. The second-order valence-electron chi connectivity index (χ2n) is 5.76. The molecule has 0 aliphatic rings. The van der Waals surface area contributed by atoms with Crippen LogP contribution in [-0.4, -0.2) is 12.5 Å². The molecule has 3 rings (SSSR count). The Bertz CT molecular complexity index is 834. The molecule has 0 radical (unpaired) electrons. The van der Waals surface area contributed by atoms with Crippen molar-refractivity contribution in [3.05, 3.63) is 87.1 Å². The second kappa shape index (κ2) is 8.19. The first kappa shape index (κ1) is 17.5. The van der Waals surface area contributed by atoms with Gasteiger partial charge >= 0.3 is 0 Å². The Hall–Kier alpha value is -2.30. The molecule has 1 atom stereocenters. The molecule has 5 heteroatoms. The van der Waals surface area contributed by atoms with Gasteiger partial charge in [0.05, 0.1) is 23.3 Å². The molecule has 3 nitrogen and oxygen atoms in total. The van der Waals surface area contributed by atoms with Crippen molar-refractivity contribution >= 4 is 34.5 Å². The molecule has 0 saturated carbocycles. The van der Waals surface area contributed by atoms with Gasteiger partial charge < -0.3 is 10.6 Å². The van der Waals surface area contributed by atoms with E-state index in [9.17, 15) is 4.79 Å². The molecule has 0 saturated heterocycles. The van der Waals surface area contributed by atoms with Crippen molar-refractivity contribution in [3.63, 3.8) is 0 Å². The largest absolute Gasteiger partial charge is 0.375 e. The van der Waals surface area contributed by atoms with Crippen molar-refractivity contribution in [2.75, 3.05) is 11.9 Å². The van der Waals surface area contributed by atoms with Crippen LogP contribution in [0.15, 0.2) is 66.0 Å². The lowest BCUT2D eigenvalue weighted by Gasteiger charge is -2.18. The van der Waals surface area contributed by atoms with E-state index in [4.69, 9.17) is 11.6 Å². The number of thiophene rings is 1. The van der Waals surface area contributed by atoms with Crippen LogP contribution in [0.2, 0.25) is 5.02 Å². The molecule has 1 heterocycles. The smallest absolute Gasteiger partial charge is 0.240 e. The summed E-state index contributed by atoms with van der Waals surface area (Å²) in [7, 11) is 0. The van der Waals surface area contributed by atoms with Gasteiger partial charge in [-0.2, -0.15) is 0 Å². The van der Waals surface area contributed by atoms with E-state index in [-0.39, 0.29) is 18.5 Å². The van der Waals surface area contributed by atoms with Crippen molar-refractivity contribution in [2.45, 2.75) is 13.0 Å². The molecule has 0 aliphatic heterocycles. The minimum absolute atomic E-state index is 0.0844. The van der Waals surface area contributed by atoms with Crippen LogP contribution in [0.4, 0.5) is 5.69 Å². The number of amides is 1. The fourth-order valence-corrected chi connectivity index (χ4v) is 3.68. The lowest BCUT2D eigenvalue weighted by molar-refractivity contribution is -0.119. The maximum atomic E-state index is 12.5. The molecular weight excluding hydrogens is 352 g/mol. The molecular formula is C20H19ClN2OS. The monoisotopic (exact) mass is 370 g/mol. The highest BCUT2D eigenvalue weighted by molar-refractivity contribution is 7.10. The second-order valence-corrected chi connectivity index (χ2v) is 7.15. The fourth-order valence-electron chi connectivity index (χ4n) is 2.57. The minimum atomic E-state index is -0.149. The van der Waals surface area contributed by atoms with Gasteiger partial charge in [0.1, 0.15) is 0 Å². The quantitative estimate of drug-likeness (QED) is 0.639. The van der Waals surface area contributed by atoms with Gasteiger partial charge in [-0.15, -0.1) is 11.3 Å². The zero-order valence-corrected chi connectivity index (χ0v) is 15.4. The average Bonchev–Trinajstić information content (AvgIpc) is 3.14. The number of rotatable bonds is 6. The van der Waals surface area contributed by atoms with E-state index in [0.717, 1.165) is 21.7 Å². The van der Waals surface area contributed by atoms with Crippen molar-refractivity contribution in [1.82, 2.24) is 5.32 Å². The Morgan fingerprint density at radius 1 is 1.12 bits per heavy atom. The Morgan fingerprint density at radius 2 is 1.92 bits per heavy atom. The number of aryl methyl sites for hydroxylation is 1. The Kier molecular flexibility index (Phi) is 5.74. The molecule has 0 unspecified atom stereocenters. The zero-order valence-electron chi connectivity index (χ0n) is 13.8. The van der Waals surface area contributed by atoms with Crippen LogP contribution >= 0.6 is 22.9 Å². The molecule has 0 fully saturated rings. The van der Waals surface area contributed by atoms with Gasteiger partial charge in [-0.25, -0.2) is 0 Å². The maximum Gasteiger partial charge on any atom is 0.240 e. The van der Waals surface area contributed by atoms with Crippen LogP contribution in [0.3, 0.4) is 0 Å². The Morgan fingerprint density at radius 3 is 2.60 bits per heavy atom. The molecule has 2 aromatic carbocycles. The fraction of sp³-hybridized carbons (Fsp3) is 0.150. The SMILES string of the molecule is Cc1ccc(NCC(=O)N[C@@H](c2ccccc2)c2cccs2)c(Cl)c1. The number of carbonyl (C=O) groups excluding carboxylic acids is 1. The topological polar surface area (TPSA) is 41.1 Å². The van der Waals surface area contributed by atoms with Crippen molar-refractivity contribution in [1.29, 1.82) is 0 Å². The molecule has 0 spiro atoms. The van der Waals surface area contributed by atoms with Crippen molar-refractivity contribution < 1.29 is 4.79 Å². The van der Waals surface area contributed by atoms with Crippen LogP contribution in [-0.2, 0) is 4.79 Å². The molecule has 25 heavy (non-hydrogen) atoms. The number of benzene rings is 2. The molecule has 1 amide bonds. The summed E-state index contributed by atoms with van der Waals surface area (Å²) in [5.41, 5.74) is 2.91. The van der Waals surface area contributed by atoms with Gasteiger partial charge in [0.25, 0.3) is 0 Å². The highest BCUT2D eigenvalue weighted by Crippen LogP contribution is 2.26. The van der Waals surface area contributed by atoms with Gasteiger partial charge in [0.15, 0.2) is 0 Å². The molecule has 128 valence electrons. The Balaban J connectivity index is 1.68. The Labute approximate surface area is 156 Å². The summed E-state index contributed by atoms with van der Waals surface area (Å²) in [4.78, 5) is 13.6. The summed E-state index contributed by atoms with van der Waals surface area (Å²) in [6.07, 6.45) is 0. The summed E-state index contributed by atoms with van der Waals surface area (Å²) < 4.78 is 0. The number of anilines is 1. The molecule has 2 N–H and O–H groups in total. The van der Waals surface area contributed by atoms with Gasteiger partial charge in [0.2, 0.25) is 5.91 Å². The third kappa shape index (κ3) is 4.62. The number of halogens is 1.